The van der Waals surface area contributed by atoms with Crippen LogP contribution in [-0.2, 0) is 4.79 Å². The summed E-state index contributed by atoms with van der Waals surface area (Å²) in [5.74, 6) is 0.469. The van der Waals surface area contributed by atoms with Gasteiger partial charge in [-0.25, -0.2) is 0 Å². The summed E-state index contributed by atoms with van der Waals surface area (Å²) in [4.78, 5) is 10.2. The van der Waals surface area contributed by atoms with Gasteiger partial charge in [-0.3, -0.25) is 4.79 Å². The standard InChI is InChI=1S/C7H11OS/c1-3-6(2)4-5-7(8)9/h4-6H,3H2,1-2H3. The zero-order valence-corrected chi connectivity index (χ0v) is 6.57. The normalized spacial score (nSPS) is 14.0. The molecule has 9 heavy (non-hydrogen) atoms. The zero-order chi connectivity index (χ0) is 7.28. The monoisotopic (exact) mass is 143 g/mol. The number of hydrogen-bond acceptors (Lipinski definition) is 1. The van der Waals surface area contributed by atoms with Gasteiger partial charge in [0.1, 0.15) is 0 Å². The van der Waals surface area contributed by atoms with Crippen molar-refractivity contribution < 1.29 is 4.79 Å². The number of allylic oxidation sites excluding steroid dienone is 1. The number of carbonyl (C=O) groups is 1. The second-order valence-electron chi connectivity index (χ2n) is 2.06. The zero-order valence-electron chi connectivity index (χ0n) is 5.76. The molecule has 1 atom stereocenters. The second kappa shape index (κ2) is 4.50. The van der Waals surface area contributed by atoms with E-state index >= 15 is 0 Å². The van der Waals surface area contributed by atoms with Crippen LogP contribution in [0.1, 0.15) is 20.3 Å². The van der Waals surface area contributed by atoms with Crippen LogP contribution in [0.15, 0.2) is 12.2 Å². The highest BCUT2D eigenvalue weighted by molar-refractivity contribution is 7.97. The van der Waals surface area contributed by atoms with E-state index < -0.39 is 0 Å². The molecule has 1 radical (unpaired) electrons. The molecule has 0 amide bonds. The number of hydrogen-bond donors (Lipinski definition) is 0. The van der Waals surface area contributed by atoms with Crippen LogP contribution in [0.5, 0.6) is 0 Å². The lowest BCUT2D eigenvalue weighted by molar-refractivity contribution is -0.106. The molecular weight excluding hydrogens is 132 g/mol. The van der Waals surface area contributed by atoms with Gasteiger partial charge in [-0.1, -0.05) is 26.3 Å². The third-order valence-electron chi connectivity index (χ3n) is 1.20. The van der Waals surface area contributed by atoms with Crippen molar-refractivity contribution in [2.45, 2.75) is 20.3 Å². The Morgan fingerprint density at radius 2 is 2.33 bits per heavy atom. The van der Waals surface area contributed by atoms with Crippen molar-refractivity contribution in [1.82, 2.24) is 0 Å². The lowest BCUT2D eigenvalue weighted by Gasteiger charge is -1.96. The first-order valence-corrected chi connectivity index (χ1v) is 3.46. The Labute approximate surface area is 61.6 Å². The highest BCUT2D eigenvalue weighted by Gasteiger charge is 1.91. The van der Waals surface area contributed by atoms with E-state index in [4.69, 9.17) is 0 Å². The predicted molar refractivity (Wildman–Crippen MR) is 41.2 cm³/mol. The molecule has 0 heterocycles. The van der Waals surface area contributed by atoms with E-state index in [0.29, 0.717) is 5.92 Å². The quantitative estimate of drug-likeness (QED) is 0.554. The highest BCUT2D eigenvalue weighted by atomic mass is 32.1. The average molecular weight is 143 g/mol. The Morgan fingerprint density at radius 1 is 1.78 bits per heavy atom. The van der Waals surface area contributed by atoms with E-state index in [1.54, 1.807) is 0 Å². The maximum atomic E-state index is 10.2. The Morgan fingerprint density at radius 3 is 2.67 bits per heavy atom. The summed E-state index contributed by atoms with van der Waals surface area (Å²) in [6, 6.07) is 0. The Hall–Kier alpha value is -0.370. The maximum Gasteiger partial charge on any atom is 0.241 e. The fraction of sp³-hybridized carbons (Fsp3) is 0.571. The molecule has 2 heteroatoms. The Bertz CT molecular complexity index is 118. The molecule has 0 N–H and O–H groups in total. The number of carbonyl (C=O) groups excluding carboxylic acids is 1. The lowest BCUT2D eigenvalue weighted by Crippen LogP contribution is -1.86. The van der Waals surface area contributed by atoms with E-state index in [1.807, 2.05) is 6.08 Å². The van der Waals surface area contributed by atoms with E-state index in [2.05, 4.69) is 26.5 Å². The van der Waals surface area contributed by atoms with Crippen molar-refractivity contribution in [2.24, 2.45) is 5.92 Å². The average Bonchev–Trinajstić information content (AvgIpc) is 1.83. The molecule has 0 rings (SSSR count). The summed E-state index contributed by atoms with van der Waals surface area (Å²) in [6.07, 6.45) is 4.35. The number of rotatable bonds is 3. The summed E-state index contributed by atoms with van der Waals surface area (Å²) in [5, 5.41) is -0.282. The largest absolute Gasteiger partial charge is 0.277 e. The maximum absolute atomic E-state index is 10.2. The van der Waals surface area contributed by atoms with Crippen LogP contribution in [-0.4, -0.2) is 5.12 Å². The van der Waals surface area contributed by atoms with Crippen LogP contribution in [0.4, 0.5) is 0 Å². The van der Waals surface area contributed by atoms with Crippen molar-refractivity contribution in [3.63, 3.8) is 0 Å². The molecule has 51 valence electrons. The van der Waals surface area contributed by atoms with Crippen molar-refractivity contribution in [1.29, 1.82) is 0 Å². The first-order chi connectivity index (χ1) is 4.16. The van der Waals surface area contributed by atoms with Gasteiger partial charge < -0.3 is 0 Å². The molecule has 0 fully saturated rings. The van der Waals surface area contributed by atoms with Gasteiger partial charge in [0.15, 0.2) is 0 Å². The van der Waals surface area contributed by atoms with Gasteiger partial charge in [0.25, 0.3) is 0 Å². The van der Waals surface area contributed by atoms with Crippen LogP contribution < -0.4 is 0 Å². The van der Waals surface area contributed by atoms with Gasteiger partial charge in [0.2, 0.25) is 5.12 Å². The van der Waals surface area contributed by atoms with E-state index in [9.17, 15) is 4.79 Å². The van der Waals surface area contributed by atoms with Gasteiger partial charge in [-0.2, -0.15) is 0 Å². The van der Waals surface area contributed by atoms with Crippen molar-refractivity contribution >= 4 is 17.7 Å². The van der Waals surface area contributed by atoms with Crippen molar-refractivity contribution in [3.05, 3.63) is 12.2 Å². The highest BCUT2D eigenvalue weighted by Crippen LogP contribution is 2.01. The first-order valence-electron chi connectivity index (χ1n) is 3.06. The molecule has 0 spiro atoms. The summed E-state index contributed by atoms with van der Waals surface area (Å²) in [5.41, 5.74) is 0. The molecule has 0 aromatic rings. The third-order valence-corrected chi connectivity index (χ3v) is 1.34. The Balaban J connectivity index is 3.56. The lowest BCUT2D eigenvalue weighted by atomic mass is 10.1. The van der Waals surface area contributed by atoms with Crippen LogP contribution in [0.3, 0.4) is 0 Å². The molecule has 0 aliphatic rings. The molecule has 0 bridgehead atoms. The fourth-order valence-corrected chi connectivity index (χ4v) is 0.457. The van der Waals surface area contributed by atoms with Crippen LogP contribution in [0.25, 0.3) is 0 Å². The summed E-state index contributed by atoms with van der Waals surface area (Å²) < 4.78 is 0. The van der Waals surface area contributed by atoms with E-state index in [1.165, 1.54) is 6.08 Å². The van der Waals surface area contributed by atoms with Crippen LogP contribution in [0, 0.1) is 5.92 Å². The Kier molecular flexibility index (Phi) is 4.32. The summed E-state index contributed by atoms with van der Waals surface area (Å²) in [7, 11) is 0. The van der Waals surface area contributed by atoms with Crippen LogP contribution in [0.2, 0.25) is 0 Å². The molecule has 0 aromatic heterocycles. The molecule has 0 saturated heterocycles. The minimum Gasteiger partial charge on any atom is -0.277 e. The second-order valence-corrected chi connectivity index (χ2v) is 2.47. The minimum atomic E-state index is -0.282. The first kappa shape index (κ1) is 8.63. The van der Waals surface area contributed by atoms with Crippen molar-refractivity contribution in [3.8, 4) is 0 Å². The SMILES string of the molecule is CCC(C)C=CC(=O)[S]. The molecule has 0 aromatic carbocycles. The predicted octanol–water partition coefficient (Wildman–Crippen LogP) is 2.31. The topological polar surface area (TPSA) is 17.1 Å². The van der Waals surface area contributed by atoms with Crippen molar-refractivity contribution in [2.75, 3.05) is 0 Å². The van der Waals surface area contributed by atoms with Gasteiger partial charge in [0, 0.05) is 0 Å². The molecule has 0 saturated carbocycles. The smallest absolute Gasteiger partial charge is 0.241 e. The molecule has 1 unspecified atom stereocenters. The molecule has 0 aliphatic carbocycles. The third kappa shape index (κ3) is 5.50. The summed E-state index contributed by atoms with van der Waals surface area (Å²) in [6.45, 7) is 4.12. The fourth-order valence-electron chi connectivity index (χ4n) is 0.379. The van der Waals surface area contributed by atoms with Gasteiger partial charge in [-0.05, 0) is 24.6 Å². The minimum absolute atomic E-state index is 0.282. The molecule has 1 nitrogen and oxygen atoms in total. The van der Waals surface area contributed by atoms with Crippen LogP contribution >= 0.6 is 12.6 Å². The van der Waals surface area contributed by atoms with Gasteiger partial charge in [0.05, 0.1) is 0 Å². The molecular formula is C7H11OS. The molecule has 0 aliphatic heterocycles. The van der Waals surface area contributed by atoms with E-state index in [-0.39, 0.29) is 5.12 Å². The van der Waals surface area contributed by atoms with E-state index in [0.717, 1.165) is 6.42 Å². The summed E-state index contributed by atoms with van der Waals surface area (Å²) >= 11 is 4.32. The van der Waals surface area contributed by atoms with Gasteiger partial charge >= 0.3 is 0 Å². The van der Waals surface area contributed by atoms with Gasteiger partial charge in [-0.15, -0.1) is 0 Å².